The van der Waals surface area contributed by atoms with Crippen LogP contribution in [0.3, 0.4) is 0 Å². The van der Waals surface area contributed by atoms with E-state index in [1.807, 2.05) is 18.2 Å². The lowest BCUT2D eigenvalue weighted by Gasteiger charge is -2.33. The lowest BCUT2D eigenvalue weighted by molar-refractivity contribution is -0.137. The zero-order valence-corrected chi connectivity index (χ0v) is 16.5. The van der Waals surface area contributed by atoms with Crippen molar-refractivity contribution < 1.29 is 9.59 Å². The molecular weight excluding hydrogens is 364 g/mol. The largest absolute Gasteiger partial charge is 0.353 e. The third kappa shape index (κ3) is 5.47. The number of hydrogen-bond acceptors (Lipinski definition) is 4. The van der Waals surface area contributed by atoms with E-state index in [4.69, 9.17) is 11.6 Å². The molecule has 2 N–H and O–H groups in total. The number of benzene rings is 1. The summed E-state index contributed by atoms with van der Waals surface area (Å²) in [5.41, 5.74) is 4.78. The number of carbonyl (C=O) groups is 2. The number of carbonyl (C=O) groups excluding carboxylic acids is 2. The molecule has 2 aliphatic rings. The molecule has 0 bridgehead atoms. The van der Waals surface area contributed by atoms with Crippen LogP contribution >= 0.6 is 11.6 Å². The molecule has 1 aromatic rings. The molecule has 1 saturated heterocycles. The van der Waals surface area contributed by atoms with Gasteiger partial charge in [-0.2, -0.15) is 0 Å². The Hall–Kier alpha value is -2.05. The van der Waals surface area contributed by atoms with Gasteiger partial charge in [0.25, 0.3) is 0 Å². The van der Waals surface area contributed by atoms with Gasteiger partial charge in [0.15, 0.2) is 0 Å². The van der Waals surface area contributed by atoms with Crippen molar-refractivity contribution in [2.24, 2.45) is 0 Å². The predicted octanol–water partition coefficient (Wildman–Crippen LogP) is 2.41. The zero-order chi connectivity index (χ0) is 19.2. The Balaban J connectivity index is 1.47. The smallest absolute Gasteiger partial charge is 0.245 e. The second-order valence-electron chi connectivity index (χ2n) is 7.15. The minimum absolute atomic E-state index is 0.000678. The maximum Gasteiger partial charge on any atom is 0.245 e. The monoisotopic (exact) mass is 390 g/mol. The minimum atomic E-state index is -0.155. The van der Waals surface area contributed by atoms with Gasteiger partial charge in [0.2, 0.25) is 11.8 Å². The van der Waals surface area contributed by atoms with E-state index in [0.717, 1.165) is 24.4 Å². The first-order valence-electron chi connectivity index (χ1n) is 9.57. The quantitative estimate of drug-likeness (QED) is 0.782. The van der Waals surface area contributed by atoms with Crippen LogP contribution in [0.2, 0.25) is 5.02 Å². The highest BCUT2D eigenvalue weighted by Crippen LogP contribution is 2.19. The number of amides is 2. The average molecular weight is 391 g/mol. The van der Waals surface area contributed by atoms with Crippen molar-refractivity contribution in [1.29, 1.82) is 0 Å². The van der Waals surface area contributed by atoms with E-state index in [1.54, 1.807) is 12.1 Å². The summed E-state index contributed by atoms with van der Waals surface area (Å²) in [5.74, 6) is -0.273. The fraction of sp³-hybridized carbons (Fsp3) is 0.500. The molecule has 1 fully saturated rings. The topological polar surface area (TPSA) is 64.7 Å². The van der Waals surface area contributed by atoms with Gasteiger partial charge in [-0.25, -0.2) is 5.01 Å². The van der Waals surface area contributed by atoms with Crippen molar-refractivity contribution in [2.75, 3.05) is 26.2 Å². The number of halogens is 1. The Morgan fingerprint density at radius 1 is 1.30 bits per heavy atom. The van der Waals surface area contributed by atoms with Gasteiger partial charge in [0, 0.05) is 30.6 Å². The fourth-order valence-corrected chi connectivity index (χ4v) is 3.65. The van der Waals surface area contributed by atoms with E-state index < -0.39 is 0 Å². The van der Waals surface area contributed by atoms with Crippen molar-refractivity contribution in [3.63, 3.8) is 0 Å². The van der Waals surface area contributed by atoms with Gasteiger partial charge in [-0.3, -0.25) is 19.9 Å². The van der Waals surface area contributed by atoms with Crippen LogP contribution in [0.4, 0.5) is 0 Å². The van der Waals surface area contributed by atoms with E-state index in [0.29, 0.717) is 17.6 Å². The van der Waals surface area contributed by atoms with Crippen molar-refractivity contribution in [2.45, 2.75) is 38.6 Å². The van der Waals surface area contributed by atoms with Crippen LogP contribution in [0.5, 0.6) is 0 Å². The van der Waals surface area contributed by atoms with Gasteiger partial charge >= 0.3 is 0 Å². The summed E-state index contributed by atoms with van der Waals surface area (Å²) in [7, 11) is 0. The Morgan fingerprint density at radius 2 is 2.07 bits per heavy atom. The Labute approximate surface area is 165 Å². The number of nitrogens with one attached hydrogen (secondary N) is 2. The molecule has 1 unspecified atom stereocenters. The average Bonchev–Trinajstić information content (AvgIpc) is 2.66. The van der Waals surface area contributed by atoms with Gasteiger partial charge in [-0.15, -0.1) is 0 Å². The molecule has 0 aliphatic carbocycles. The van der Waals surface area contributed by atoms with E-state index in [9.17, 15) is 9.59 Å². The normalized spacial score (nSPS) is 20.8. The number of hydrogen-bond donors (Lipinski definition) is 2. The molecule has 0 spiro atoms. The van der Waals surface area contributed by atoms with Crippen LogP contribution in [-0.4, -0.2) is 53.9 Å². The third-order valence-electron chi connectivity index (χ3n) is 5.16. The van der Waals surface area contributed by atoms with Crippen LogP contribution in [0, 0.1) is 0 Å². The second-order valence-corrected chi connectivity index (χ2v) is 7.59. The van der Waals surface area contributed by atoms with Crippen LogP contribution in [0.1, 0.15) is 38.2 Å². The Morgan fingerprint density at radius 3 is 2.81 bits per heavy atom. The van der Waals surface area contributed by atoms with Crippen molar-refractivity contribution in [1.82, 2.24) is 20.7 Å². The first kappa shape index (κ1) is 19.7. The molecule has 1 aromatic carbocycles. The number of rotatable bonds is 6. The van der Waals surface area contributed by atoms with Crippen molar-refractivity contribution >= 4 is 29.1 Å². The molecule has 27 heavy (non-hydrogen) atoms. The van der Waals surface area contributed by atoms with Crippen molar-refractivity contribution in [3.05, 3.63) is 40.9 Å². The number of nitrogens with zero attached hydrogens (tertiary/aromatic N) is 2. The van der Waals surface area contributed by atoms with Crippen LogP contribution in [-0.2, 0) is 9.59 Å². The number of piperidine rings is 1. The molecule has 6 nitrogen and oxygen atoms in total. The molecule has 0 radical (unpaired) electrons. The summed E-state index contributed by atoms with van der Waals surface area (Å²) in [6, 6.07) is 7.94. The molecule has 2 aliphatic heterocycles. The first-order chi connectivity index (χ1) is 13.0. The van der Waals surface area contributed by atoms with Gasteiger partial charge in [-0.1, -0.05) is 30.2 Å². The highest BCUT2D eigenvalue weighted by molar-refractivity contribution is 6.30. The molecule has 7 heteroatoms. The minimum Gasteiger partial charge on any atom is -0.353 e. The van der Waals surface area contributed by atoms with Gasteiger partial charge < -0.3 is 5.32 Å². The Kier molecular flexibility index (Phi) is 6.74. The van der Waals surface area contributed by atoms with Crippen LogP contribution in [0.25, 0.3) is 5.70 Å². The highest BCUT2D eigenvalue weighted by atomic mass is 35.5. The SMILES string of the molecule is CC1CCCCN1CCNC(=O)CN1NC(c2ccc(Cl)cc2)=CCC1=O. The predicted molar refractivity (Wildman–Crippen MR) is 107 cm³/mol. The number of hydrazine groups is 1. The molecule has 146 valence electrons. The fourth-order valence-electron chi connectivity index (χ4n) is 3.52. The molecule has 2 amide bonds. The molecular formula is C20H27ClN4O2. The molecule has 2 heterocycles. The third-order valence-corrected chi connectivity index (χ3v) is 5.41. The highest BCUT2D eigenvalue weighted by Gasteiger charge is 2.22. The summed E-state index contributed by atoms with van der Waals surface area (Å²) in [6.07, 6.45) is 5.84. The van der Waals surface area contributed by atoms with Crippen LogP contribution in [0.15, 0.2) is 30.3 Å². The maximum atomic E-state index is 12.3. The lowest BCUT2D eigenvalue weighted by Crippen LogP contribution is -2.50. The summed E-state index contributed by atoms with van der Waals surface area (Å²) in [5, 5.41) is 4.96. The van der Waals surface area contributed by atoms with Gasteiger partial charge in [-0.05, 0) is 50.1 Å². The van der Waals surface area contributed by atoms with Gasteiger partial charge in [0.05, 0.1) is 5.70 Å². The van der Waals surface area contributed by atoms with E-state index in [-0.39, 0.29) is 24.8 Å². The molecule has 1 atom stereocenters. The maximum absolute atomic E-state index is 12.3. The summed E-state index contributed by atoms with van der Waals surface area (Å²) >= 11 is 5.92. The van der Waals surface area contributed by atoms with Crippen LogP contribution < -0.4 is 10.7 Å². The summed E-state index contributed by atoms with van der Waals surface area (Å²) in [4.78, 5) is 26.8. The first-order valence-corrected chi connectivity index (χ1v) is 9.94. The molecule has 0 aromatic heterocycles. The molecule has 0 saturated carbocycles. The van der Waals surface area contributed by atoms with Gasteiger partial charge in [0.1, 0.15) is 6.54 Å². The lowest BCUT2D eigenvalue weighted by atomic mass is 10.0. The standard InChI is InChI=1S/C20H27ClN4O2/c1-15-4-2-3-12-24(15)13-11-22-19(26)14-25-20(27)10-9-18(23-25)16-5-7-17(21)8-6-16/h5-9,15,23H,2-4,10-14H2,1H3,(H,22,26). The Bertz CT molecular complexity index is 704. The summed E-state index contributed by atoms with van der Waals surface area (Å²) < 4.78 is 0. The van der Waals surface area contributed by atoms with E-state index in [1.165, 1.54) is 24.3 Å². The zero-order valence-electron chi connectivity index (χ0n) is 15.7. The van der Waals surface area contributed by atoms with E-state index in [2.05, 4.69) is 22.6 Å². The number of likely N-dealkylation sites (tertiary alicyclic amines) is 1. The van der Waals surface area contributed by atoms with E-state index >= 15 is 0 Å². The summed E-state index contributed by atoms with van der Waals surface area (Å²) in [6.45, 7) is 4.79. The van der Waals surface area contributed by atoms with Crippen molar-refractivity contribution in [3.8, 4) is 0 Å². The second kappa shape index (κ2) is 9.24. The molecule has 3 rings (SSSR count).